The van der Waals surface area contributed by atoms with Crippen LogP contribution < -0.4 is 19.5 Å². The zero-order chi connectivity index (χ0) is 19.3. The lowest BCUT2D eigenvalue weighted by Crippen LogP contribution is -2.17. The normalized spacial score (nSPS) is 11.0. The van der Waals surface area contributed by atoms with Crippen LogP contribution in [-0.2, 0) is 16.6 Å². The molecule has 140 valence electrons. The lowest BCUT2D eigenvalue weighted by atomic mass is 9.87. The van der Waals surface area contributed by atoms with Crippen LogP contribution in [0.15, 0.2) is 36.4 Å². The molecule has 5 nitrogen and oxygen atoms in total. The number of amides is 1. The van der Waals surface area contributed by atoms with Gasteiger partial charge in [-0.3, -0.25) is 4.79 Å². The highest BCUT2D eigenvalue weighted by Gasteiger charge is 2.17. The van der Waals surface area contributed by atoms with Gasteiger partial charge in [-0.15, -0.1) is 0 Å². The Balaban J connectivity index is 2.22. The summed E-state index contributed by atoms with van der Waals surface area (Å²) in [6, 6.07) is 11.3. The summed E-state index contributed by atoms with van der Waals surface area (Å²) in [6.07, 6.45) is 0.191. The van der Waals surface area contributed by atoms with Crippen LogP contribution in [0.4, 0.5) is 5.69 Å². The maximum absolute atomic E-state index is 12.6. The van der Waals surface area contributed by atoms with Crippen LogP contribution in [0.5, 0.6) is 17.2 Å². The molecule has 0 heterocycles. The standard InChI is InChI=1S/C21H27NO4/c1-21(2,3)15-8-10-18(25-5)17(12-15)22-20(23)11-14-7-9-16(24-4)13-19(14)26-6/h7-10,12-13H,11H2,1-6H3,(H,22,23). The van der Waals surface area contributed by atoms with Gasteiger partial charge in [0.05, 0.1) is 33.4 Å². The summed E-state index contributed by atoms with van der Waals surface area (Å²) in [7, 11) is 4.76. The third-order valence-electron chi connectivity index (χ3n) is 4.18. The quantitative estimate of drug-likeness (QED) is 0.842. The fourth-order valence-electron chi connectivity index (χ4n) is 2.64. The first-order valence-corrected chi connectivity index (χ1v) is 8.47. The van der Waals surface area contributed by atoms with Gasteiger partial charge in [0.15, 0.2) is 0 Å². The SMILES string of the molecule is COc1ccc(CC(=O)Nc2cc(C(C)(C)C)ccc2OC)c(OC)c1. The molecule has 0 aliphatic heterocycles. The monoisotopic (exact) mass is 357 g/mol. The van der Waals surface area contributed by atoms with Crippen LogP contribution in [0.2, 0.25) is 0 Å². The fraction of sp³-hybridized carbons (Fsp3) is 0.381. The number of carbonyl (C=O) groups excluding carboxylic acids is 1. The first-order chi connectivity index (χ1) is 12.3. The number of anilines is 1. The summed E-state index contributed by atoms with van der Waals surface area (Å²) in [6.45, 7) is 6.38. The van der Waals surface area contributed by atoms with Crippen LogP contribution >= 0.6 is 0 Å². The average Bonchev–Trinajstić information content (AvgIpc) is 2.61. The van der Waals surface area contributed by atoms with Crippen molar-refractivity contribution in [2.75, 3.05) is 26.6 Å². The highest BCUT2D eigenvalue weighted by atomic mass is 16.5. The highest BCUT2D eigenvalue weighted by Crippen LogP contribution is 2.32. The minimum absolute atomic E-state index is 0.0229. The second kappa shape index (κ2) is 8.13. The Hall–Kier alpha value is -2.69. The van der Waals surface area contributed by atoms with Crippen molar-refractivity contribution >= 4 is 11.6 Å². The van der Waals surface area contributed by atoms with E-state index in [0.29, 0.717) is 22.9 Å². The molecule has 0 fully saturated rings. The van der Waals surface area contributed by atoms with E-state index in [1.54, 1.807) is 27.4 Å². The van der Waals surface area contributed by atoms with Crippen LogP contribution in [0, 0.1) is 0 Å². The maximum atomic E-state index is 12.6. The molecule has 0 radical (unpaired) electrons. The molecule has 2 aromatic carbocycles. The maximum Gasteiger partial charge on any atom is 0.229 e. The van der Waals surface area contributed by atoms with Gasteiger partial charge in [0.25, 0.3) is 0 Å². The molecular formula is C21H27NO4. The summed E-state index contributed by atoms with van der Waals surface area (Å²) in [5.74, 6) is 1.80. The molecule has 1 amide bonds. The zero-order valence-electron chi connectivity index (χ0n) is 16.3. The summed E-state index contributed by atoms with van der Waals surface area (Å²) >= 11 is 0. The van der Waals surface area contributed by atoms with Gasteiger partial charge in [0.2, 0.25) is 5.91 Å². The number of benzene rings is 2. The Kier molecular flexibility index (Phi) is 6.14. The van der Waals surface area contributed by atoms with Crippen molar-refractivity contribution in [1.82, 2.24) is 0 Å². The second-order valence-corrected chi connectivity index (χ2v) is 7.07. The van der Waals surface area contributed by atoms with Gasteiger partial charge in [0, 0.05) is 11.6 Å². The third-order valence-corrected chi connectivity index (χ3v) is 4.18. The van der Waals surface area contributed by atoms with Crippen molar-refractivity contribution in [3.63, 3.8) is 0 Å². The largest absolute Gasteiger partial charge is 0.497 e. The van der Waals surface area contributed by atoms with Gasteiger partial charge in [-0.05, 0) is 29.2 Å². The Morgan fingerprint density at radius 3 is 2.19 bits per heavy atom. The lowest BCUT2D eigenvalue weighted by molar-refractivity contribution is -0.115. The topological polar surface area (TPSA) is 56.8 Å². The van der Waals surface area contributed by atoms with E-state index >= 15 is 0 Å². The molecule has 5 heteroatoms. The van der Waals surface area contributed by atoms with E-state index in [0.717, 1.165) is 11.1 Å². The van der Waals surface area contributed by atoms with Gasteiger partial charge in [0.1, 0.15) is 17.2 Å². The molecule has 0 saturated carbocycles. The fourth-order valence-corrected chi connectivity index (χ4v) is 2.64. The third kappa shape index (κ3) is 4.69. The Morgan fingerprint density at radius 2 is 1.62 bits per heavy atom. The Labute approximate surface area is 155 Å². The Morgan fingerprint density at radius 1 is 0.923 bits per heavy atom. The van der Waals surface area contributed by atoms with E-state index in [4.69, 9.17) is 14.2 Å². The molecule has 0 aromatic heterocycles. The summed E-state index contributed by atoms with van der Waals surface area (Å²) < 4.78 is 15.9. The van der Waals surface area contributed by atoms with Crippen molar-refractivity contribution in [2.24, 2.45) is 0 Å². The molecule has 1 N–H and O–H groups in total. The molecule has 2 rings (SSSR count). The zero-order valence-corrected chi connectivity index (χ0v) is 16.3. The Bertz CT molecular complexity index is 778. The molecule has 0 unspecified atom stereocenters. The van der Waals surface area contributed by atoms with Crippen LogP contribution in [0.25, 0.3) is 0 Å². The van der Waals surface area contributed by atoms with E-state index in [9.17, 15) is 4.79 Å². The predicted octanol–water partition coefficient (Wildman–Crippen LogP) is 4.19. The predicted molar refractivity (Wildman–Crippen MR) is 104 cm³/mol. The number of carbonyl (C=O) groups is 1. The molecule has 2 aromatic rings. The lowest BCUT2D eigenvalue weighted by Gasteiger charge is -2.21. The molecule has 0 aliphatic carbocycles. The van der Waals surface area contributed by atoms with Gasteiger partial charge in [-0.1, -0.05) is 32.9 Å². The van der Waals surface area contributed by atoms with Crippen molar-refractivity contribution in [2.45, 2.75) is 32.6 Å². The van der Waals surface area contributed by atoms with Crippen molar-refractivity contribution in [3.8, 4) is 17.2 Å². The van der Waals surface area contributed by atoms with E-state index < -0.39 is 0 Å². The molecule has 0 spiro atoms. The van der Waals surface area contributed by atoms with E-state index in [-0.39, 0.29) is 17.7 Å². The van der Waals surface area contributed by atoms with Gasteiger partial charge in [-0.25, -0.2) is 0 Å². The van der Waals surface area contributed by atoms with Crippen molar-refractivity contribution in [3.05, 3.63) is 47.5 Å². The number of hydrogen-bond acceptors (Lipinski definition) is 4. The summed E-state index contributed by atoms with van der Waals surface area (Å²) in [5, 5.41) is 2.95. The average molecular weight is 357 g/mol. The molecule has 0 aliphatic rings. The first-order valence-electron chi connectivity index (χ1n) is 8.47. The highest BCUT2D eigenvalue weighted by molar-refractivity contribution is 5.94. The smallest absolute Gasteiger partial charge is 0.229 e. The van der Waals surface area contributed by atoms with Gasteiger partial charge < -0.3 is 19.5 Å². The number of methoxy groups -OCH3 is 3. The second-order valence-electron chi connectivity index (χ2n) is 7.07. The van der Waals surface area contributed by atoms with Gasteiger partial charge in [-0.2, -0.15) is 0 Å². The molecule has 0 bridgehead atoms. The number of nitrogens with one attached hydrogen (secondary N) is 1. The molecular weight excluding hydrogens is 330 g/mol. The number of rotatable bonds is 6. The van der Waals surface area contributed by atoms with E-state index in [2.05, 4.69) is 26.1 Å². The molecule has 26 heavy (non-hydrogen) atoms. The van der Waals surface area contributed by atoms with Crippen molar-refractivity contribution in [1.29, 1.82) is 0 Å². The van der Waals surface area contributed by atoms with E-state index in [1.807, 2.05) is 30.3 Å². The summed E-state index contributed by atoms with van der Waals surface area (Å²) in [4.78, 5) is 12.6. The molecule has 0 saturated heterocycles. The number of hydrogen-bond donors (Lipinski definition) is 1. The minimum atomic E-state index is -0.141. The van der Waals surface area contributed by atoms with Crippen LogP contribution in [-0.4, -0.2) is 27.2 Å². The van der Waals surface area contributed by atoms with E-state index in [1.165, 1.54) is 0 Å². The first kappa shape index (κ1) is 19.6. The minimum Gasteiger partial charge on any atom is -0.497 e. The van der Waals surface area contributed by atoms with Crippen molar-refractivity contribution < 1.29 is 19.0 Å². The van der Waals surface area contributed by atoms with Crippen LogP contribution in [0.1, 0.15) is 31.9 Å². The number of ether oxygens (including phenoxy) is 3. The van der Waals surface area contributed by atoms with Crippen LogP contribution in [0.3, 0.4) is 0 Å². The van der Waals surface area contributed by atoms with Gasteiger partial charge >= 0.3 is 0 Å². The molecule has 0 atom stereocenters. The summed E-state index contributed by atoms with van der Waals surface area (Å²) in [5.41, 5.74) is 2.55.